The van der Waals surface area contributed by atoms with Gasteiger partial charge in [0.2, 0.25) is 5.28 Å². The maximum Gasteiger partial charge on any atom is 0.293 e. The third kappa shape index (κ3) is 2.90. The summed E-state index contributed by atoms with van der Waals surface area (Å²) in [6, 6.07) is 0. The zero-order valence-corrected chi connectivity index (χ0v) is 7.73. The van der Waals surface area contributed by atoms with Gasteiger partial charge in [0.25, 0.3) is 5.91 Å². The zero-order chi connectivity index (χ0) is 9.84. The summed E-state index contributed by atoms with van der Waals surface area (Å²) in [5.74, 6) is 3.76. The number of aromatic nitrogens is 2. The molecule has 2 N–H and O–H groups in total. The lowest BCUT2D eigenvalue weighted by atomic mass is 10.3. The lowest BCUT2D eigenvalue weighted by Gasteiger charge is -1.92. The molecule has 1 amide bonds. The first kappa shape index (κ1) is 9.78. The highest BCUT2D eigenvalue weighted by molar-refractivity contribution is 6.32. The summed E-state index contributed by atoms with van der Waals surface area (Å²) in [6.07, 6.45) is 1.31. The van der Waals surface area contributed by atoms with Crippen molar-refractivity contribution in [3.05, 3.63) is 22.2 Å². The number of hydrogen-bond acceptors (Lipinski definition) is 3. The van der Waals surface area contributed by atoms with Crippen molar-refractivity contribution >= 4 is 29.1 Å². The van der Waals surface area contributed by atoms with Crippen molar-refractivity contribution in [2.75, 3.05) is 0 Å². The summed E-state index contributed by atoms with van der Waals surface area (Å²) in [5, 5.41) is 0.114. The maximum absolute atomic E-state index is 10.3. The van der Waals surface area contributed by atoms with Crippen LogP contribution in [0.25, 0.3) is 0 Å². The Morgan fingerprint density at radius 2 is 2.23 bits per heavy atom. The van der Waals surface area contributed by atoms with Gasteiger partial charge in [0.15, 0.2) is 0 Å². The van der Waals surface area contributed by atoms with E-state index in [1.54, 1.807) is 0 Å². The van der Waals surface area contributed by atoms with Crippen LogP contribution >= 0.6 is 23.2 Å². The Kier molecular flexibility index (Phi) is 3.07. The third-order valence-electron chi connectivity index (χ3n) is 1.03. The topological polar surface area (TPSA) is 68.9 Å². The number of rotatable bonds is 0. The largest absolute Gasteiger partial charge is 0.359 e. The molecule has 1 rings (SSSR count). The normalized spacial score (nSPS) is 8.77. The van der Waals surface area contributed by atoms with E-state index in [9.17, 15) is 4.79 Å². The van der Waals surface area contributed by atoms with Crippen molar-refractivity contribution in [2.45, 2.75) is 0 Å². The molecule has 0 aliphatic rings. The number of carbonyl (C=O) groups is 1. The molecule has 0 bridgehead atoms. The van der Waals surface area contributed by atoms with Gasteiger partial charge in [-0.1, -0.05) is 17.5 Å². The first-order chi connectivity index (χ1) is 6.09. The van der Waals surface area contributed by atoms with E-state index in [0.717, 1.165) is 0 Å². The molecule has 0 radical (unpaired) electrons. The molecule has 0 aliphatic carbocycles. The zero-order valence-electron chi connectivity index (χ0n) is 6.21. The maximum atomic E-state index is 10.3. The van der Waals surface area contributed by atoms with Gasteiger partial charge in [-0.15, -0.1) is 0 Å². The number of nitrogens with two attached hydrogens (primary N) is 1. The molecular weight excluding hydrogens is 213 g/mol. The molecule has 0 saturated carbocycles. The molecule has 0 aliphatic heterocycles. The van der Waals surface area contributed by atoms with Crippen LogP contribution in [0.3, 0.4) is 0 Å². The van der Waals surface area contributed by atoms with E-state index in [1.807, 2.05) is 0 Å². The second-order valence-electron chi connectivity index (χ2n) is 1.96. The molecule has 0 atom stereocenters. The van der Waals surface area contributed by atoms with Gasteiger partial charge in [-0.25, -0.2) is 9.97 Å². The minimum absolute atomic E-state index is 0.0228. The van der Waals surface area contributed by atoms with Crippen molar-refractivity contribution in [3.63, 3.8) is 0 Å². The molecule has 1 heterocycles. The van der Waals surface area contributed by atoms with E-state index in [2.05, 4.69) is 21.8 Å². The fourth-order valence-electron chi connectivity index (χ4n) is 0.554. The highest BCUT2D eigenvalue weighted by Crippen LogP contribution is 2.12. The van der Waals surface area contributed by atoms with Gasteiger partial charge in [-0.05, 0) is 11.6 Å². The lowest BCUT2D eigenvalue weighted by molar-refractivity contribution is -0.112. The molecule has 0 saturated heterocycles. The fraction of sp³-hybridized carbons (Fsp3) is 0. The SMILES string of the molecule is NC(=O)C#Cc1cnc(Cl)nc1Cl. The smallest absolute Gasteiger partial charge is 0.293 e. The van der Waals surface area contributed by atoms with Crippen LogP contribution in [0.15, 0.2) is 6.20 Å². The van der Waals surface area contributed by atoms with Gasteiger partial charge < -0.3 is 5.73 Å². The number of nitrogens with zero attached hydrogens (tertiary/aromatic N) is 2. The highest BCUT2D eigenvalue weighted by atomic mass is 35.5. The van der Waals surface area contributed by atoms with Crippen molar-refractivity contribution in [1.82, 2.24) is 9.97 Å². The Hall–Kier alpha value is -1.31. The van der Waals surface area contributed by atoms with Gasteiger partial charge in [-0.3, -0.25) is 4.79 Å². The lowest BCUT2D eigenvalue weighted by Crippen LogP contribution is -2.06. The Morgan fingerprint density at radius 1 is 1.54 bits per heavy atom. The summed E-state index contributed by atoms with van der Waals surface area (Å²) in [5.41, 5.74) is 5.11. The summed E-state index contributed by atoms with van der Waals surface area (Å²) in [7, 11) is 0. The quantitative estimate of drug-likeness (QED) is 0.392. The molecule has 1 aromatic heterocycles. The minimum atomic E-state index is -0.744. The minimum Gasteiger partial charge on any atom is -0.359 e. The van der Waals surface area contributed by atoms with Gasteiger partial charge in [0.05, 0.1) is 5.56 Å². The molecule has 6 heteroatoms. The molecule has 1 aromatic rings. The first-order valence-corrected chi connectivity index (χ1v) is 3.84. The predicted octanol–water partition coefficient (Wildman–Crippen LogP) is 0.620. The van der Waals surface area contributed by atoms with Crippen molar-refractivity contribution < 1.29 is 4.79 Å². The van der Waals surface area contributed by atoms with Gasteiger partial charge in [-0.2, -0.15) is 0 Å². The molecular formula is C7H3Cl2N3O. The monoisotopic (exact) mass is 215 g/mol. The Bertz CT molecular complexity index is 408. The number of hydrogen-bond donors (Lipinski definition) is 1. The van der Waals surface area contributed by atoms with E-state index >= 15 is 0 Å². The molecule has 0 fully saturated rings. The van der Waals surface area contributed by atoms with Crippen LogP contribution in [-0.4, -0.2) is 15.9 Å². The summed E-state index contributed by atoms with van der Waals surface area (Å²) in [4.78, 5) is 17.5. The second kappa shape index (κ2) is 4.08. The van der Waals surface area contributed by atoms with Crippen LogP contribution in [0, 0.1) is 11.8 Å². The summed E-state index contributed by atoms with van der Waals surface area (Å²) in [6.45, 7) is 0. The van der Waals surface area contributed by atoms with Crippen LogP contribution in [0.5, 0.6) is 0 Å². The van der Waals surface area contributed by atoms with Crippen molar-refractivity contribution in [1.29, 1.82) is 0 Å². The predicted molar refractivity (Wildman–Crippen MR) is 48.1 cm³/mol. The van der Waals surface area contributed by atoms with E-state index in [1.165, 1.54) is 6.20 Å². The van der Waals surface area contributed by atoms with Crippen LogP contribution in [-0.2, 0) is 4.79 Å². The summed E-state index contributed by atoms with van der Waals surface area (Å²) >= 11 is 11.1. The average molecular weight is 216 g/mol. The first-order valence-electron chi connectivity index (χ1n) is 3.09. The number of carbonyl (C=O) groups excluding carboxylic acids is 1. The molecule has 13 heavy (non-hydrogen) atoms. The molecule has 66 valence electrons. The van der Waals surface area contributed by atoms with E-state index in [0.29, 0.717) is 5.56 Å². The number of primary amides is 1. The van der Waals surface area contributed by atoms with E-state index < -0.39 is 5.91 Å². The third-order valence-corrected chi connectivity index (χ3v) is 1.50. The Balaban J connectivity index is 3.05. The molecule has 0 spiro atoms. The molecule has 0 aromatic carbocycles. The molecule has 0 unspecified atom stereocenters. The van der Waals surface area contributed by atoms with E-state index in [4.69, 9.17) is 28.9 Å². The van der Waals surface area contributed by atoms with E-state index in [-0.39, 0.29) is 10.4 Å². The highest BCUT2D eigenvalue weighted by Gasteiger charge is 2.00. The summed E-state index contributed by atoms with van der Waals surface area (Å²) < 4.78 is 0. The van der Waals surface area contributed by atoms with Crippen LogP contribution in [0.4, 0.5) is 0 Å². The van der Waals surface area contributed by atoms with Crippen LogP contribution in [0.2, 0.25) is 10.4 Å². The van der Waals surface area contributed by atoms with Crippen LogP contribution in [0.1, 0.15) is 5.56 Å². The van der Waals surface area contributed by atoms with Crippen molar-refractivity contribution in [2.24, 2.45) is 5.73 Å². The Morgan fingerprint density at radius 3 is 2.77 bits per heavy atom. The van der Waals surface area contributed by atoms with Crippen LogP contribution < -0.4 is 5.73 Å². The fourth-order valence-corrected chi connectivity index (χ4v) is 0.907. The van der Waals surface area contributed by atoms with Gasteiger partial charge in [0, 0.05) is 12.1 Å². The van der Waals surface area contributed by atoms with Gasteiger partial charge in [0.1, 0.15) is 5.15 Å². The number of amides is 1. The number of halogens is 2. The second-order valence-corrected chi connectivity index (χ2v) is 2.65. The Labute approximate surface area is 84.1 Å². The standard InChI is InChI=1S/C7H3Cl2N3O/c8-6-4(1-2-5(10)13)3-11-7(9)12-6/h3H,(H2,10,13). The molecule has 4 nitrogen and oxygen atoms in total. The van der Waals surface area contributed by atoms with Gasteiger partial charge >= 0.3 is 0 Å². The van der Waals surface area contributed by atoms with Crippen molar-refractivity contribution in [3.8, 4) is 11.8 Å². The average Bonchev–Trinajstić information content (AvgIpc) is 2.02.